The third kappa shape index (κ3) is 2.66. The van der Waals surface area contributed by atoms with Crippen LogP contribution < -0.4 is 5.32 Å². The summed E-state index contributed by atoms with van der Waals surface area (Å²) in [6.07, 6.45) is 0. The van der Waals surface area contributed by atoms with Crippen LogP contribution in [0.3, 0.4) is 0 Å². The van der Waals surface area contributed by atoms with Crippen molar-refractivity contribution in [3.05, 3.63) is 59.2 Å². The Labute approximate surface area is 159 Å². The van der Waals surface area contributed by atoms with E-state index in [1.807, 2.05) is 12.1 Å². The van der Waals surface area contributed by atoms with Gasteiger partial charge in [0, 0.05) is 29.8 Å². The molecule has 1 aliphatic carbocycles. The third-order valence-corrected chi connectivity index (χ3v) is 5.12. The maximum absolute atomic E-state index is 13.0. The second-order valence-corrected chi connectivity index (χ2v) is 6.69. The lowest BCUT2D eigenvalue weighted by Crippen LogP contribution is -2.65. The lowest BCUT2D eigenvalue weighted by atomic mass is 9.99. The number of carbonyl (C=O) groups is 4. The van der Waals surface area contributed by atoms with Crippen molar-refractivity contribution in [2.24, 2.45) is 0 Å². The molecule has 1 heterocycles. The number of benzene rings is 2. The number of fused-ring (bicyclic) bond motifs is 3. The zero-order valence-corrected chi connectivity index (χ0v) is 14.6. The monoisotopic (exact) mass is 380 g/mol. The van der Waals surface area contributed by atoms with Gasteiger partial charge in [-0.15, -0.1) is 0 Å². The van der Waals surface area contributed by atoms with Gasteiger partial charge >= 0.3 is 11.9 Å². The van der Waals surface area contributed by atoms with E-state index in [1.165, 1.54) is 12.1 Å². The highest BCUT2D eigenvalue weighted by atomic mass is 16.4. The van der Waals surface area contributed by atoms with Crippen molar-refractivity contribution in [2.45, 2.75) is 12.1 Å². The van der Waals surface area contributed by atoms with Crippen molar-refractivity contribution < 1.29 is 29.4 Å². The smallest absolute Gasteiger partial charge is 0.328 e. The van der Waals surface area contributed by atoms with E-state index in [9.17, 15) is 29.4 Å². The van der Waals surface area contributed by atoms with Crippen LogP contribution in [0.2, 0.25) is 0 Å². The molecule has 2 unspecified atom stereocenters. The van der Waals surface area contributed by atoms with Crippen LogP contribution in [-0.2, 0) is 9.59 Å². The molecule has 1 aliphatic heterocycles. The van der Waals surface area contributed by atoms with Crippen molar-refractivity contribution >= 4 is 23.6 Å². The van der Waals surface area contributed by atoms with E-state index in [0.717, 1.165) is 16.0 Å². The van der Waals surface area contributed by atoms with Gasteiger partial charge in [-0.1, -0.05) is 30.3 Å². The predicted octanol–water partition coefficient (Wildman–Crippen LogP) is 0.850. The molecule has 3 N–H and O–H groups in total. The van der Waals surface area contributed by atoms with Gasteiger partial charge in [-0.25, -0.2) is 4.79 Å². The van der Waals surface area contributed by atoms with E-state index < -0.39 is 29.9 Å². The Morgan fingerprint density at radius 3 is 2.29 bits per heavy atom. The van der Waals surface area contributed by atoms with Crippen LogP contribution in [-0.4, -0.2) is 63.9 Å². The molecular weight excluding hydrogens is 364 g/mol. The molecule has 28 heavy (non-hydrogen) atoms. The van der Waals surface area contributed by atoms with E-state index in [4.69, 9.17) is 0 Å². The Hall–Kier alpha value is -3.52. The first-order valence-corrected chi connectivity index (χ1v) is 8.68. The van der Waals surface area contributed by atoms with Crippen LogP contribution in [0, 0.1) is 0 Å². The lowest BCUT2D eigenvalue weighted by Gasteiger charge is -2.37. The Morgan fingerprint density at radius 1 is 0.929 bits per heavy atom. The van der Waals surface area contributed by atoms with Gasteiger partial charge in [0.15, 0.2) is 11.8 Å². The molecule has 0 radical (unpaired) electrons. The number of aliphatic carboxylic acids is 2. The fourth-order valence-electron chi connectivity index (χ4n) is 3.82. The quantitative estimate of drug-likeness (QED) is 0.615. The van der Waals surface area contributed by atoms with Crippen LogP contribution >= 0.6 is 0 Å². The molecule has 1 saturated heterocycles. The van der Waals surface area contributed by atoms with E-state index in [2.05, 4.69) is 5.32 Å². The number of ketones is 1. The highest BCUT2D eigenvalue weighted by Crippen LogP contribution is 2.37. The summed E-state index contributed by atoms with van der Waals surface area (Å²) < 4.78 is 0. The molecule has 0 bridgehead atoms. The summed E-state index contributed by atoms with van der Waals surface area (Å²) in [5.74, 6) is -3.56. The first kappa shape index (κ1) is 17.9. The number of carboxylic acids is 2. The van der Waals surface area contributed by atoms with Crippen LogP contribution in [0.4, 0.5) is 0 Å². The second-order valence-electron chi connectivity index (χ2n) is 6.69. The molecule has 2 atom stereocenters. The highest BCUT2D eigenvalue weighted by Gasteiger charge is 2.43. The van der Waals surface area contributed by atoms with Gasteiger partial charge in [0.25, 0.3) is 5.91 Å². The summed E-state index contributed by atoms with van der Waals surface area (Å²) in [7, 11) is 0. The molecule has 0 saturated carbocycles. The van der Waals surface area contributed by atoms with Gasteiger partial charge in [0.05, 0.1) is 0 Å². The number of piperazine rings is 1. The number of nitrogens with one attached hydrogen (secondary N) is 1. The molecule has 2 aromatic rings. The van der Waals surface area contributed by atoms with E-state index >= 15 is 0 Å². The summed E-state index contributed by atoms with van der Waals surface area (Å²) in [6.45, 7) is 0.201. The topological polar surface area (TPSA) is 124 Å². The summed E-state index contributed by atoms with van der Waals surface area (Å²) in [4.78, 5) is 49.7. The van der Waals surface area contributed by atoms with Crippen LogP contribution in [0.1, 0.15) is 26.3 Å². The van der Waals surface area contributed by atoms with Gasteiger partial charge in [0.1, 0.15) is 6.04 Å². The fraction of sp³-hybridized carbons (Fsp3) is 0.200. The van der Waals surface area contributed by atoms with Crippen molar-refractivity contribution in [3.63, 3.8) is 0 Å². The SMILES string of the molecule is O=C1c2ccccc2-c2ccc(C(=O)N3CCNC(C(=O)O)C3C(=O)O)cc21. The lowest BCUT2D eigenvalue weighted by molar-refractivity contribution is -0.152. The molecule has 2 aliphatic rings. The van der Waals surface area contributed by atoms with Crippen LogP contribution in [0.25, 0.3) is 11.1 Å². The fourth-order valence-corrected chi connectivity index (χ4v) is 3.82. The van der Waals surface area contributed by atoms with Crippen molar-refractivity contribution in [1.29, 1.82) is 0 Å². The van der Waals surface area contributed by atoms with Crippen molar-refractivity contribution in [2.75, 3.05) is 13.1 Å². The number of hydrogen-bond donors (Lipinski definition) is 3. The molecule has 8 heteroatoms. The number of carbonyl (C=O) groups excluding carboxylic acids is 2. The number of rotatable bonds is 3. The average Bonchev–Trinajstić information content (AvgIpc) is 2.99. The zero-order chi connectivity index (χ0) is 20.0. The molecule has 0 spiro atoms. The minimum absolute atomic E-state index is 0.0465. The largest absolute Gasteiger partial charge is 0.480 e. The van der Waals surface area contributed by atoms with Gasteiger partial charge < -0.3 is 20.4 Å². The Kier molecular flexibility index (Phi) is 4.20. The minimum Gasteiger partial charge on any atom is -0.480 e. The predicted molar refractivity (Wildman–Crippen MR) is 97.2 cm³/mol. The average molecular weight is 380 g/mol. The second kappa shape index (κ2) is 6.58. The normalized spacial score (nSPS) is 20.4. The molecule has 2 aromatic carbocycles. The maximum atomic E-state index is 13.0. The molecule has 1 fully saturated rings. The maximum Gasteiger partial charge on any atom is 0.328 e. The minimum atomic E-state index is -1.54. The molecule has 4 rings (SSSR count). The van der Waals surface area contributed by atoms with Gasteiger partial charge in [0.2, 0.25) is 0 Å². The van der Waals surface area contributed by atoms with E-state index in [-0.39, 0.29) is 24.4 Å². The molecule has 0 aromatic heterocycles. The van der Waals surface area contributed by atoms with E-state index in [1.54, 1.807) is 18.2 Å². The molecule has 8 nitrogen and oxygen atoms in total. The number of hydrogen-bond acceptors (Lipinski definition) is 5. The number of nitrogens with zero attached hydrogens (tertiary/aromatic N) is 1. The Balaban J connectivity index is 1.70. The number of carboxylic acid groups (broad SMARTS) is 2. The molecular formula is C20H16N2O6. The molecule has 1 amide bonds. The van der Waals surface area contributed by atoms with Crippen molar-refractivity contribution in [3.8, 4) is 11.1 Å². The zero-order valence-electron chi connectivity index (χ0n) is 14.6. The first-order chi connectivity index (χ1) is 13.4. The summed E-state index contributed by atoms with van der Waals surface area (Å²) in [5.41, 5.74) is 2.59. The summed E-state index contributed by atoms with van der Waals surface area (Å²) >= 11 is 0. The molecule has 142 valence electrons. The summed E-state index contributed by atoms with van der Waals surface area (Å²) in [5, 5.41) is 21.4. The van der Waals surface area contributed by atoms with Crippen molar-refractivity contribution in [1.82, 2.24) is 10.2 Å². The van der Waals surface area contributed by atoms with Gasteiger partial charge in [-0.2, -0.15) is 0 Å². The van der Waals surface area contributed by atoms with E-state index in [0.29, 0.717) is 11.1 Å². The standard InChI is InChI=1S/C20H16N2O6/c23-17-13-4-2-1-3-11(13)12-6-5-10(9-14(12)17)18(24)22-8-7-21-15(19(25)26)16(22)20(27)28/h1-6,9,15-16,21H,7-8H2,(H,25,26)(H,27,28). The Morgan fingerprint density at radius 2 is 1.61 bits per heavy atom. The summed E-state index contributed by atoms with van der Waals surface area (Å²) in [6, 6.07) is 8.84. The van der Waals surface area contributed by atoms with Gasteiger partial charge in [-0.3, -0.25) is 14.4 Å². The Bertz CT molecular complexity index is 1030. The van der Waals surface area contributed by atoms with Gasteiger partial charge in [-0.05, 0) is 23.3 Å². The van der Waals surface area contributed by atoms with Crippen LogP contribution in [0.15, 0.2) is 42.5 Å². The first-order valence-electron chi connectivity index (χ1n) is 8.68. The van der Waals surface area contributed by atoms with Crippen LogP contribution in [0.5, 0.6) is 0 Å². The highest BCUT2D eigenvalue weighted by molar-refractivity contribution is 6.22. The third-order valence-electron chi connectivity index (χ3n) is 5.12. The number of amides is 1.